The zero-order valence-electron chi connectivity index (χ0n) is 6.75. The number of nitrogens with zero attached hydrogens (tertiary/aromatic N) is 1. The summed E-state index contributed by atoms with van der Waals surface area (Å²) in [6, 6.07) is 0. The van der Waals surface area contributed by atoms with Crippen molar-refractivity contribution >= 4 is 11.8 Å². The number of rotatable bonds is 2. The lowest BCUT2D eigenvalue weighted by atomic mass is 10.2. The third-order valence-electron chi connectivity index (χ3n) is 1.41. The molecule has 1 rings (SSSR count). The number of Topliss-reactive ketones (excluding diaryl/α,β-unsaturated/α-hetero) is 1. The van der Waals surface area contributed by atoms with Crippen LogP contribution in [0.15, 0.2) is 6.20 Å². The van der Waals surface area contributed by atoms with E-state index in [4.69, 9.17) is 0 Å². The molecule has 0 unspecified atom stereocenters. The molecule has 0 bridgehead atoms. The Kier molecular flexibility index (Phi) is 2.23. The summed E-state index contributed by atoms with van der Waals surface area (Å²) in [5.74, 6) is -0.804. The molecular weight excluding hydrogens is 160 g/mol. The van der Waals surface area contributed by atoms with E-state index in [1.165, 1.54) is 20.2 Å². The summed E-state index contributed by atoms with van der Waals surface area (Å²) in [5.41, 5.74) is 0.354. The largest absolute Gasteiger partial charge is 0.464 e. The summed E-state index contributed by atoms with van der Waals surface area (Å²) in [4.78, 5) is 21.8. The number of hydrogen-bond donors (Lipinski definition) is 1. The Hall–Kier alpha value is -1.65. The molecule has 0 saturated heterocycles. The average molecular weight is 168 g/mol. The number of aromatic nitrogens is 2. The topological polar surface area (TPSA) is 72.1 Å². The van der Waals surface area contributed by atoms with Crippen molar-refractivity contribution in [2.24, 2.45) is 0 Å². The van der Waals surface area contributed by atoms with Crippen LogP contribution in [0.4, 0.5) is 0 Å². The molecule has 1 aromatic heterocycles. The van der Waals surface area contributed by atoms with Gasteiger partial charge in [0, 0.05) is 0 Å². The third-order valence-corrected chi connectivity index (χ3v) is 1.41. The molecule has 0 radical (unpaired) electrons. The smallest absolute Gasteiger partial charge is 0.356 e. The molecule has 0 spiro atoms. The van der Waals surface area contributed by atoms with Crippen LogP contribution >= 0.6 is 0 Å². The number of carbonyl (C=O) groups is 2. The number of nitrogens with one attached hydrogen (secondary N) is 1. The molecule has 0 atom stereocenters. The van der Waals surface area contributed by atoms with Crippen molar-refractivity contribution < 1.29 is 14.3 Å². The van der Waals surface area contributed by atoms with Gasteiger partial charge in [-0.15, -0.1) is 0 Å². The van der Waals surface area contributed by atoms with Crippen LogP contribution in [-0.4, -0.2) is 29.1 Å². The van der Waals surface area contributed by atoms with E-state index in [2.05, 4.69) is 14.9 Å². The number of hydrogen-bond acceptors (Lipinski definition) is 4. The molecule has 0 aliphatic carbocycles. The van der Waals surface area contributed by atoms with Gasteiger partial charge in [-0.25, -0.2) is 4.79 Å². The number of ketones is 1. The minimum absolute atomic E-state index is 0.102. The Morgan fingerprint density at radius 2 is 2.25 bits per heavy atom. The second-order valence-electron chi connectivity index (χ2n) is 2.21. The number of ether oxygens (including phenoxy) is 1. The second-order valence-corrected chi connectivity index (χ2v) is 2.21. The fourth-order valence-corrected chi connectivity index (χ4v) is 0.811. The van der Waals surface area contributed by atoms with Gasteiger partial charge in [-0.1, -0.05) is 0 Å². The fraction of sp³-hybridized carbons (Fsp3) is 0.286. The first-order valence-corrected chi connectivity index (χ1v) is 3.29. The third kappa shape index (κ3) is 1.34. The van der Waals surface area contributed by atoms with Gasteiger partial charge in [0.15, 0.2) is 11.5 Å². The highest BCUT2D eigenvalue weighted by Gasteiger charge is 2.16. The molecule has 5 nitrogen and oxygen atoms in total. The highest BCUT2D eigenvalue weighted by atomic mass is 16.5. The molecule has 0 saturated carbocycles. The molecular formula is C7H8N2O3. The van der Waals surface area contributed by atoms with E-state index < -0.39 is 5.97 Å². The molecule has 0 amide bonds. The normalized spacial score (nSPS) is 9.50. The predicted octanol–water partition coefficient (Wildman–Crippen LogP) is 0.399. The molecule has 1 heterocycles. The molecule has 0 fully saturated rings. The van der Waals surface area contributed by atoms with E-state index in [-0.39, 0.29) is 17.0 Å². The van der Waals surface area contributed by atoms with Crippen LogP contribution in [0.2, 0.25) is 0 Å². The molecule has 1 N–H and O–H groups in total. The Morgan fingerprint density at radius 1 is 1.58 bits per heavy atom. The molecule has 1 aromatic rings. The fourth-order valence-electron chi connectivity index (χ4n) is 0.811. The van der Waals surface area contributed by atoms with Crippen LogP contribution < -0.4 is 0 Å². The lowest BCUT2D eigenvalue weighted by Crippen LogP contribution is -2.07. The lowest BCUT2D eigenvalue weighted by molar-refractivity contribution is 0.0590. The first-order valence-electron chi connectivity index (χ1n) is 3.29. The van der Waals surface area contributed by atoms with E-state index in [1.807, 2.05) is 0 Å². The second kappa shape index (κ2) is 3.17. The van der Waals surface area contributed by atoms with Crippen molar-refractivity contribution in [3.8, 4) is 0 Å². The molecule has 12 heavy (non-hydrogen) atoms. The monoisotopic (exact) mass is 168 g/mol. The van der Waals surface area contributed by atoms with Gasteiger partial charge in [0.1, 0.15) is 0 Å². The van der Waals surface area contributed by atoms with E-state index in [9.17, 15) is 9.59 Å². The Morgan fingerprint density at radius 3 is 2.75 bits per heavy atom. The van der Waals surface area contributed by atoms with Gasteiger partial charge in [-0.3, -0.25) is 9.89 Å². The van der Waals surface area contributed by atoms with E-state index in [1.54, 1.807) is 0 Å². The first kappa shape index (κ1) is 8.45. The lowest BCUT2D eigenvalue weighted by Gasteiger charge is -1.95. The maximum Gasteiger partial charge on any atom is 0.356 e. The van der Waals surface area contributed by atoms with E-state index >= 15 is 0 Å². The summed E-state index contributed by atoms with van der Waals surface area (Å²) in [5, 5.41) is 5.96. The van der Waals surface area contributed by atoms with Gasteiger partial charge < -0.3 is 4.74 Å². The van der Waals surface area contributed by atoms with Gasteiger partial charge in [0.05, 0.1) is 18.9 Å². The highest BCUT2D eigenvalue weighted by Crippen LogP contribution is 2.06. The Balaban J connectivity index is 3.07. The zero-order valence-corrected chi connectivity index (χ0v) is 6.75. The van der Waals surface area contributed by atoms with Crippen LogP contribution in [0.5, 0.6) is 0 Å². The number of H-pyrrole nitrogens is 1. The summed E-state index contributed by atoms with van der Waals surface area (Å²) in [7, 11) is 1.24. The first-order chi connectivity index (χ1) is 5.66. The number of carbonyl (C=O) groups excluding carboxylic acids is 2. The molecule has 5 heteroatoms. The standard InChI is InChI=1S/C7H8N2O3/c1-4(10)5-3-8-9-6(5)7(11)12-2/h3H,1-2H3,(H,8,9). The minimum Gasteiger partial charge on any atom is -0.464 e. The Bertz CT molecular complexity index is 316. The zero-order chi connectivity index (χ0) is 9.14. The number of aromatic amines is 1. The molecule has 0 aliphatic rings. The van der Waals surface area contributed by atoms with Crippen molar-refractivity contribution in [1.29, 1.82) is 0 Å². The van der Waals surface area contributed by atoms with Gasteiger partial charge in [-0.05, 0) is 6.92 Å². The molecule has 0 aliphatic heterocycles. The Labute approximate surface area is 68.7 Å². The quantitative estimate of drug-likeness (QED) is 0.512. The van der Waals surface area contributed by atoms with Crippen molar-refractivity contribution in [1.82, 2.24) is 10.2 Å². The van der Waals surface area contributed by atoms with Crippen molar-refractivity contribution in [3.05, 3.63) is 17.5 Å². The van der Waals surface area contributed by atoms with Crippen LogP contribution in [0.3, 0.4) is 0 Å². The van der Waals surface area contributed by atoms with Gasteiger partial charge >= 0.3 is 5.97 Å². The summed E-state index contributed by atoms with van der Waals surface area (Å²) in [6.45, 7) is 1.36. The van der Waals surface area contributed by atoms with E-state index in [0.717, 1.165) is 0 Å². The number of esters is 1. The van der Waals surface area contributed by atoms with E-state index in [0.29, 0.717) is 0 Å². The van der Waals surface area contributed by atoms with Crippen LogP contribution in [0.25, 0.3) is 0 Å². The van der Waals surface area contributed by atoms with Crippen LogP contribution in [-0.2, 0) is 4.74 Å². The summed E-state index contributed by atoms with van der Waals surface area (Å²) < 4.78 is 4.42. The maximum absolute atomic E-state index is 11.0. The number of methoxy groups -OCH3 is 1. The molecule has 0 aromatic carbocycles. The molecule has 64 valence electrons. The van der Waals surface area contributed by atoms with Crippen molar-refractivity contribution in [2.75, 3.05) is 7.11 Å². The van der Waals surface area contributed by atoms with Gasteiger partial charge in [-0.2, -0.15) is 5.10 Å². The van der Waals surface area contributed by atoms with Crippen LogP contribution in [0.1, 0.15) is 27.8 Å². The maximum atomic E-state index is 11.0. The average Bonchev–Trinajstić information content (AvgIpc) is 2.50. The van der Waals surface area contributed by atoms with Gasteiger partial charge in [0.2, 0.25) is 0 Å². The highest BCUT2D eigenvalue weighted by molar-refractivity contribution is 6.03. The summed E-state index contributed by atoms with van der Waals surface area (Å²) >= 11 is 0. The van der Waals surface area contributed by atoms with Crippen LogP contribution in [0, 0.1) is 0 Å². The minimum atomic E-state index is -0.585. The summed E-state index contributed by atoms with van der Waals surface area (Å²) in [6.07, 6.45) is 1.30. The van der Waals surface area contributed by atoms with Gasteiger partial charge in [0.25, 0.3) is 0 Å². The van der Waals surface area contributed by atoms with Crippen molar-refractivity contribution in [3.63, 3.8) is 0 Å². The predicted molar refractivity (Wildman–Crippen MR) is 39.9 cm³/mol. The van der Waals surface area contributed by atoms with Crippen molar-refractivity contribution in [2.45, 2.75) is 6.92 Å². The SMILES string of the molecule is COC(=O)c1[nH]ncc1C(C)=O.